The summed E-state index contributed by atoms with van der Waals surface area (Å²) in [6, 6.07) is 10.8. The van der Waals surface area contributed by atoms with Crippen LogP contribution >= 0.6 is 0 Å². The lowest BCUT2D eigenvalue weighted by molar-refractivity contribution is -0.121. The standard InChI is InChI=1S/C29H38F2N4O5/c1-5-22(33-27(38)40-28(2,3)4)21-13-16-32-23(17-21)34-25(36)24(20-11-14-29(30,31)15-12-20)35-26(37)39-18-19-9-7-6-8-10-19/h6-10,13,16-17,20,22,24H,5,11-12,14-15,18H2,1-4H3,(H,33,38)(H,35,37)(H,32,34,36)/t22?,24-/m0/s1. The Bertz CT molecular complexity index is 1150. The second kappa shape index (κ2) is 13.5. The van der Waals surface area contributed by atoms with E-state index in [9.17, 15) is 23.2 Å². The Morgan fingerprint density at radius 3 is 2.35 bits per heavy atom. The number of ether oxygens (including phenoxy) is 2. The number of hydrogen-bond acceptors (Lipinski definition) is 6. The van der Waals surface area contributed by atoms with Gasteiger partial charge in [0.2, 0.25) is 11.8 Å². The Morgan fingerprint density at radius 1 is 1.05 bits per heavy atom. The fourth-order valence-corrected chi connectivity index (χ4v) is 4.49. The van der Waals surface area contributed by atoms with Gasteiger partial charge >= 0.3 is 12.2 Å². The molecule has 1 aromatic heterocycles. The number of alkyl halides is 2. The molecule has 1 aromatic carbocycles. The third kappa shape index (κ3) is 9.77. The van der Waals surface area contributed by atoms with Gasteiger partial charge in [-0.15, -0.1) is 0 Å². The molecule has 0 saturated heterocycles. The number of alkyl carbamates (subject to hydrolysis) is 2. The van der Waals surface area contributed by atoms with Crippen molar-refractivity contribution < 1.29 is 32.6 Å². The normalized spacial score (nSPS) is 16.8. The Labute approximate surface area is 233 Å². The lowest BCUT2D eigenvalue weighted by Gasteiger charge is -2.33. The van der Waals surface area contributed by atoms with Crippen LogP contribution < -0.4 is 16.0 Å². The number of amides is 3. The quantitative estimate of drug-likeness (QED) is 0.340. The Hall–Kier alpha value is -3.76. The van der Waals surface area contributed by atoms with Crippen molar-refractivity contribution in [3.63, 3.8) is 0 Å². The van der Waals surface area contributed by atoms with E-state index < -0.39 is 47.6 Å². The number of rotatable bonds is 9. The van der Waals surface area contributed by atoms with E-state index in [-0.39, 0.29) is 38.1 Å². The molecule has 0 aliphatic heterocycles. The predicted octanol–water partition coefficient (Wildman–Crippen LogP) is 6.12. The van der Waals surface area contributed by atoms with E-state index in [1.165, 1.54) is 6.20 Å². The van der Waals surface area contributed by atoms with Gasteiger partial charge in [-0.1, -0.05) is 37.3 Å². The molecule has 11 heteroatoms. The van der Waals surface area contributed by atoms with Gasteiger partial charge in [0.25, 0.3) is 0 Å². The van der Waals surface area contributed by atoms with Crippen molar-refractivity contribution in [3.8, 4) is 0 Å². The number of carbonyl (C=O) groups excluding carboxylic acids is 3. The summed E-state index contributed by atoms with van der Waals surface area (Å²) in [5.41, 5.74) is 0.790. The lowest BCUT2D eigenvalue weighted by Crippen LogP contribution is -2.50. The monoisotopic (exact) mass is 560 g/mol. The second-order valence-electron chi connectivity index (χ2n) is 10.9. The van der Waals surface area contributed by atoms with Crippen molar-refractivity contribution in [3.05, 3.63) is 59.8 Å². The van der Waals surface area contributed by atoms with Crippen LogP contribution in [0, 0.1) is 5.92 Å². The molecule has 1 heterocycles. The van der Waals surface area contributed by atoms with E-state index in [2.05, 4.69) is 20.9 Å². The fourth-order valence-electron chi connectivity index (χ4n) is 4.49. The smallest absolute Gasteiger partial charge is 0.408 e. The lowest BCUT2D eigenvalue weighted by atomic mass is 9.81. The summed E-state index contributed by atoms with van der Waals surface area (Å²) in [5.74, 6) is -3.70. The minimum Gasteiger partial charge on any atom is -0.445 e. The molecule has 1 saturated carbocycles. The van der Waals surface area contributed by atoms with Crippen molar-refractivity contribution >= 4 is 23.9 Å². The van der Waals surface area contributed by atoms with Gasteiger partial charge in [0, 0.05) is 19.0 Å². The first kappa shape index (κ1) is 30.8. The fraction of sp³-hybridized carbons (Fsp3) is 0.517. The van der Waals surface area contributed by atoms with Crippen LogP contribution in [0.25, 0.3) is 0 Å². The zero-order valence-corrected chi connectivity index (χ0v) is 23.3. The summed E-state index contributed by atoms with van der Waals surface area (Å²) in [6.45, 7) is 7.19. The van der Waals surface area contributed by atoms with Crippen LogP contribution in [0.5, 0.6) is 0 Å². The summed E-state index contributed by atoms with van der Waals surface area (Å²) in [7, 11) is 0. The van der Waals surface area contributed by atoms with Crippen molar-refractivity contribution in [1.29, 1.82) is 0 Å². The van der Waals surface area contributed by atoms with Crippen molar-refractivity contribution in [2.75, 3.05) is 5.32 Å². The molecule has 1 aliphatic carbocycles. The molecule has 1 fully saturated rings. The van der Waals surface area contributed by atoms with Gasteiger partial charge in [-0.25, -0.2) is 23.4 Å². The average molecular weight is 561 g/mol. The summed E-state index contributed by atoms with van der Waals surface area (Å²) < 4.78 is 38.3. The van der Waals surface area contributed by atoms with Gasteiger partial charge < -0.3 is 25.4 Å². The van der Waals surface area contributed by atoms with Gasteiger partial charge in [-0.2, -0.15) is 0 Å². The Kier molecular flexibility index (Phi) is 10.4. The largest absolute Gasteiger partial charge is 0.445 e. The van der Waals surface area contributed by atoms with E-state index in [0.29, 0.717) is 12.0 Å². The molecule has 3 N–H and O–H groups in total. The Balaban J connectivity index is 1.71. The number of nitrogens with one attached hydrogen (secondary N) is 3. The highest BCUT2D eigenvalue weighted by Gasteiger charge is 2.40. The zero-order chi connectivity index (χ0) is 29.3. The number of nitrogens with zero attached hydrogens (tertiary/aromatic N) is 1. The van der Waals surface area contributed by atoms with Crippen LogP contribution in [-0.4, -0.2) is 40.6 Å². The van der Waals surface area contributed by atoms with E-state index in [0.717, 1.165) is 5.56 Å². The van der Waals surface area contributed by atoms with E-state index >= 15 is 0 Å². The number of carbonyl (C=O) groups is 3. The molecule has 1 aliphatic rings. The molecule has 2 aromatic rings. The summed E-state index contributed by atoms with van der Waals surface area (Å²) in [5, 5.41) is 8.09. The van der Waals surface area contributed by atoms with Gasteiger partial charge in [-0.3, -0.25) is 4.79 Å². The molecule has 0 spiro atoms. The first-order valence-electron chi connectivity index (χ1n) is 13.5. The molecule has 3 amide bonds. The highest BCUT2D eigenvalue weighted by atomic mass is 19.3. The van der Waals surface area contributed by atoms with Gasteiger partial charge in [0.15, 0.2) is 0 Å². The maximum absolute atomic E-state index is 13.8. The zero-order valence-electron chi connectivity index (χ0n) is 23.3. The van der Waals surface area contributed by atoms with Gasteiger partial charge in [0.05, 0.1) is 6.04 Å². The second-order valence-corrected chi connectivity index (χ2v) is 10.9. The molecule has 218 valence electrons. The van der Waals surface area contributed by atoms with Crippen LogP contribution in [0.2, 0.25) is 0 Å². The van der Waals surface area contributed by atoms with E-state index in [1.807, 2.05) is 25.1 Å². The number of hydrogen-bond donors (Lipinski definition) is 3. The van der Waals surface area contributed by atoms with Crippen LogP contribution in [0.15, 0.2) is 48.7 Å². The minimum absolute atomic E-state index is 0.00357. The molecule has 40 heavy (non-hydrogen) atoms. The van der Waals surface area contributed by atoms with Crippen molar-refractivity contribution in [1.82, 2.24) is 15.6 Å². The van der Waals surface area contributed by atoms with Crippen LogP contribution in [-0.2, 0) is 20.9 Å². The number of anilines is 1. The van der Waals surface area contributed by atoms with Crippen LogP contribution in [0.1, 0.15) is 77.0 Å². The van der Waals surface area contributed by atoms with Crippen molar-refractivity contribution in [2.24, 2.45) is 5.92 Å². The summed E-state index contributed by atoms with van der Waals surface area (Å²) in [6.07, 6.45) is 0.0241. The molecular formula is C29H38F2N4O5. The van der Waals surface area contributed by atoms with Crippen molar-refractivity contribution in [2.45, 2.75) is 90.0 Å². The maximum atomic E-state index is 13.8. The maximum Gasteiger partial charge on any atom is 0.408 e. The summed E-state index contributed by atoms with van der Waals surface area (Å²) >= 11 is 0. The topological polar surface area (TPSA) is 119 Å². The predicted molar refractivity (Wildman–Crippen MR) is 146 cm³/mol. The molecule has 1 unspecified atom stereocenters. The number of pyridine rings is 1. The molecule has 0 bridgehead atoms. The third-order valence-electron chi connectivity index (χ3n) is 6.54. The summed E-state index contributed by atoms with van der Waals surface area (Å²) in [4.78, 5) is 42.5. The first-order chi connectivity index (χ1) is 18.8. The number of aromatic nitrogens is 1. The Morgan fingerprint density at radius 2 is 1.73 bits per heavy atom. The number of halogens is 2. The van der Waals surface area contributed by atoms with Crippen LogP contribution in [0.4, 0.5) is 24.2 Å². The van der Waals surface area contributed by atoms with E-state index in [1.54, 1.807) is 45.0 Å². The molecule has 0 radical (unpaired) electrons. The van der Waals surface area contributed by atoms with Gasteiger partial charge in [0.1, 0.15) is 24.1 Å². The SMILES string of the molecule is CCC(NC(=O)OC(C)(C)C)c1ccnc(NC(=O)[C@@H](NC(=O)OCc2ccccc2)C2CCC(F)(F)CC2)c1. The highest BCUT2D eigenvalue weighted by Crippen LogP contribution is 2.37. The minimum atomic E-state index is -2.79. The van der Waals surface area contributed by atoms with E-state index in [4.69, 9.17) is 9.47 Å². The van der Waals surface area contributed by atoms with Gasteiger partial charge in [-0.05, 0) is 69.2 Å². The first-order valence-corrected chi connectivity index (χ1v) is 13.5. The molecule has 9 nitrogen and oxygen atoms in total. The number of benzene rings is 1. The molecule has 2 atom stereocenters. The van der Waals surface area contributed by atoms with Crippen LogP contribution in [0.3, 0.4) is 0 Å². The third-order valence-corrected chi connectivity index (χ3v) is 6.54. The molecule has 3 rings (SSSR count). The molecular weight excluding hydrogens is 522 g/mol. The average Bonchev–Trinajstić information content (AvgIpc) is 2.89. The highest BCUT2D eigenvalue weighted by molar-refractivity contribution is 5.96.